The van der Waals surface area contributed by atoms with Crippen molar-refractivity contribution in [3.63, 3.8) is 0 Å². The second-order valence-electron chi connectivity index (χ2n) is 6.73. The molecule has 1 nitrogen and oxygen atoms in total. The highest BCUT2D eigenvalue weighted by Crippen LogP contribution is 2.69. The zero-order chi connectivity index (χ0) is 14.4. The Labute approximate surface area is 120 Å². The first-order chi connectivity index (χ1) is 8.73. The van der Waals surface area contributed by atoms with Gasteiger partial charge in [-0.05, 0) is 41.8 Å². The van der Waals surface area contributed by atoms with Crippen molar-refractivity contribution in [1.82, 2.24) is 5.32 Å². The van der Waals surface area contributed by atoms with Gasteiger partial charge in [0.1, 0.15) is 5.82 Å². The summed E-state index contributed by atoms with van der Waals surface area (Å²) in [4.78, 5) is 0. The average molecular weight is 284 g/mol. The summed E-state index contributed by atoms with van der Waals surface area (Å²) in [5.41, 5.74) is 1.27. The van der Waals surface area contributed by atoms with Crippen LogP contribution in [0.1, 0.15) is 33.3 Å². The van der Waals surface area contributed by atoms with Gasteiger partial charge >= 0.3 is 0 Å². The van der Waals surface area contributed by atoms with E-state index >= 15 is 0 Å². The molecule has 1 N–H and O–H groups in total. The third kappa shape index (κ3) is 2.30. The number of benzene rings is 1. The Balaban J connectivity index is 2.20. The molecule has 1 atom stereocenters. The zero-order valence-corrected chi connectivity index (χ0v) is 13.1. The summed E-state index contributed by atoms with van der Waals surface area (Å²) >= 11 is 5.85. The maximum atomic E-state index is 14.0. The van der Waals surface area contributed by atoms with Crippen LogP contribution in [0.25, 0.3) is 0 Å². The van der Waals surface area contributed by atoms with Gasteiger partial charge < -0.3 is 5.32 Å². The van der Waals surface area contributed by atoms with E-state index in [0.29, 0.717) is 17.9 Å². The van der Waals surface area contributed by atoms with Crippen LogP contribution >= 0.6 is 11.6 Å². The molecule has 0 bridgehead atoms. The fraction of sp³-hybridized carbons (Fsp3) is 0.625. The van der Waals surface area contributed by atoms with Crippen LogP contribution in [0.3, 0.4) is 0 Å². The topological polar surface area (TPSA) is 12.0 Å². The van der Waals surface area contributed by atoms with Crippen molar-refractivity contribution in [3.05, 3.63) is 34.6 Å². The first kappa shape index (κ1) is 14.8. The fourth-order valence-corrected chi connectivity index (χ4v) is 3.78. The molecular weight excluding hydrogens is 261 g/mol. The van der Waals surface area contributed by atoms with Crippen molar-refractivity contribution < 1.29 is 4.39 Å². The van der Waals surface area contributed by atoms with Crippen LogP contribution in [0.15, 0.2) is 18.2 Å². The highest BCUT2D eigenvalue weighted by Gasteiger charge is 2.66. The summed E-state index contributed by atoms with van der Waals surface area (Å²) < 4.78 is 14.0. The van der Waals surface area contributed by atoms with Gasteiger partial charge in [0.2, 0.25) is 0 Å². The largest absolute Gasteiger partial charge is 0.316 e. The predicted octanol–water partition coefficient (Wildman–Crippen LogP) is 4.29. The van der Waals surface area contributed by atoms with Crippen LogP contribution in [0, 0.1) is 22.6 Å². The lowest BCUT2D eigenvalue weighted by atomic mass is 9.96. The van der Waals surface area contributed by atoms with Crippen LogP contribution in [-0.2, 0) is 6.42 Å². The molecule has 19 heavy (non-hydrogen) atoms. The third-order valence-electron chi connectivity index (χ3n) is 5.38. The number of hydrogen-bond donors (Lipinski definition) is 1. The molecule has 0 radical (unpaired) electrons. The number of likely N-dealkylation sites (N-methyl/N-ethyl adjacent to an activating group) is 1. The Morgan fingerprint density at radius 1 is 1.26 bits per heavy atom. The molecule has 2 rings (SSSR count). The van der Waals surface area contributed by atoms with Crippen LogP contribution in [-0.4, -0.2) is 13.1 Å². The lowest BCUT2D eigenvalue weighted by molar-refractivity contribution is 0.415. The Morgan fingerprint density at radius 3 is 2.32 bits per heavy atom. The Hall–Kier alpha value is -0.600. The van der Waals surface area contributed by atoms with Crippen LogP contribution in [0.4, 0.5) is 4.39 Å². The SMILES string of the molecule is CNC(Cc1cccc(Cl)c1F)C1C(C)(C)C1(C)C. The van der Waals surface area contributed by atoms with Crippen LogP contribution in [0.5, 0.6) is 0 Å². The van der Waals surface area contributed by atoms with Crippen molar-refractivity contribution in [2.45, 2.75) is 40.2 Å². The molecule has 1 fully saturated rings. The van der Waals surface area contributed by atoms with Gasteiger partial charge in [-0.1, -0.05) is 51.4 Å². The number of halogens is 2. The van der Waals surface area contributed by atoms with E-state index < -0.39 is 0 Å². The summed E-state index contributed by atoms with van der Waals surface area (Å²) in [6.07, 6.45) is 0.681. The zero-order valence-electron chi connectivity index (χ0n) is 12.3. The molecule has 1 saturated carbocycles. The minimum atomic E-state index is -0.277. The molecule has 1 aromatic rings. The van der Waals surface area contributed by atoms with Gasteiger partial charge in [0.05, 0.1) is 5.02 Å². The van der Waals surface area contributed by atoms with Crippen LogP contribution < -0.4 is 5.32 Å². The Morgan fingerprint density at radius 2 is 1.84 bits per heavy atom. The Bertz CT molecular complexity index is 468. The molecule has 0 spiro atoms. The van der Waals surface area contributed by atoms with Crippen molar-refractivity contribution in [2.24, 2.45) is 16.7 Å². The standard InChI is InChI=1S/C16H23ClFN/c1-15(2)14(16(15,3)4)12(19-5)9-10-7-6-8-11(17)13(10)18/h6-8,12,14,19H,9H2,1-5H3. The summed E-state index contributed by atoms with van der Waals surface area (Å²) in [5, 5.41) is 3.57. The van der Waals surface area contributed by atoms with Crippen molar-refractivity contribution >= 4 is 11.6 Å². The lowest BCUT2D eigenvalue weighted by Crippen LogP contribution is -2.32. The fourth-order valence-electron chi connectivity index (χ4n) is 3.58. The monoisotopic (exact) mass is 283 g/mol. The van der Waals surface area contributed by atoms with E-state index in [1.165, 1.54) is 0 Å². The highest BCUT2D eigenvalue weighted by molar-refractivity contribution is 6.30. The maximum absolute atomic E-state index is 14.0. The van der Waals surface area contributed by atoms with Crippen LogP contribution in [0.2, 0.25) is 5.02 Å². The molecular formula is C16H23ClFN. The average Bonchev–Trinajstić information content (AvgIpc) is 2.73. The molecule has 0 amide bonds. The first-order valence-corrected chi connectivity index (χ1v) is 7.21. The van der Waals surface area contributed by atoms with Crippen molar-refractivity contribution in [2.75, 3.05) is 7.05 Å². The molecule has 0 saturated heterocycles. The Kier molecular flexibility index (Phi) is 3.70. The molecule has 3 heteroatoms. The number of nitrogens with one attached hydrogen (secondary N) is 1. The first-order valence-electron chi connectivity index (χ1n) is 6.83. The van der Waals surface area contributed by atoms with E-state index in [0.717, 1.165) is 0 Å². The van der Waals surface area contributed by atoms with Gasteiger partial charge in [0.15, 0.2) is 0 Å². The molecule has 0 aromatic heterocycles. The lowest BCUT2D eigenvalue weighted by Gasteiger charge is -2.19. The van der Waals surface area contributed by atoms with E-state index in [9.17, 15) is 4.39 Å². The van der Waals surface area contributed by atoms with E-state index in [1.807, 2.05) is 19.2 Å². The van der Waals surface area contributed by atoms with Crippen molar-refractivity contribution in [1.29, 1.82) is 0 Å². The van der Waals surface area contributed by atoms with Crippen molar-refractivity contribution in [3.8, 4) is 0 Å². The predicted molar refractivity (Wildman–Crippen MR) is 79.0 cm³/mol. The quantitative estimate of drug-likeness (QED) is 0.869. The molecule has 106 valence electrons. The second-order valence-corrected chi connectivity index (χ2v) is 7.14. The minimum Gasteiger partial charge on any atom is -0.316 e. The summed E-state index contributed by atoms with van der Waals surface area (Å²) in [6, 6.07) is 5.52. The van der Waals surface area contributed by atoms with Gasteiger partial charge in [-0.3, -0.25) is 0 Å². The van der Waals surface area contributed by atoms with E-state index in [1.54, 1.807) is 6.07 Å². The maximum Gasteiger partial charge on any atom is 0.145 e. The molecule has 1 aliphatic carbocycles. The number of hydrogen-bond acceptors (Lipinski definition) is 1. The van der Waals surface area contributed by atoms with Gasteiger partial charge in [-0.2, -0.15) is 0 Å². The van der Waals surface area contributed by atoms with Gasteiger partial charge in [-0.25, -0.2) is 4.39 Å². The second kappa shape index (κ2) is 4.75. The highest BCUT2D eigenvalue weighted by atomic mass is 35.5. The smallest absolute Gasteiger partial charge is 0.145 e. The third-order valence-corrected chi connectivity index (χ3v) is 5.67. The number of rotatable bonds is 4. The molecule has 0 heterocycles. The van der Waals surface area contributed by atoms with Gasteiger partial charge in [0.25, 0.3) is 0 Å². The molecule has 1 unspecified atom stereocenters. The van der Waals surface area contributed by atoms with Gasteiger partial charge in [-0.15, -0.1) is 0 Å². The molecule has 1 aliphatic rings. The van der Waals surface area contributed by atoms with E-state index in [2.05, 4.69) is 33.0 Å². The summed E-state index contributed by atoms with van der Waals surface area (Å²) in [6.45, 7) is 9.15. The molecule has 1 aromatic carbocycles. The minimum absolute atomic E-state index is 0.210. The normalized spacial score (nSPS) is 22.3. The summed E-state index contributed by atoms with van der Waals surface area (Å²) in [7, 11) is 1.96. The van der Waals surface area contributed by atoms with E-state index in [4.69, 9.17) is 11.6 Å². The molecule has 0 aliphatic heterocycles. The van der Waals surface area contributed by atoms with Gasteiger partial charge in [0, 0.05) is 6.04 Å². The summed E-state index contributed by atoms with van der Waals surface area (Å²) in [5.74, 6) is 0.268. The van der Waals surface area contributed by atoms with E-state index in [-0.39, 0.29) is 27.7 Å².